The third-order valence-electron chi connectivity index (χ3n) is 2.19. The van der Waals surface area contributed by atoms with Crippen LogP contribution in [0.5, 0.6) is 5.75 Å². The molecule has 0 bridgehead atoms. The Kier molecular flexibility index (Phi) is 4.47. The normalized spacial score (nSPS) is 12.5. The maximum atomic E-state index is 5.58. The largest absolute Gasteiger partial charge is 0.493 e. The smallest absolute Gasteiger partial charge is 0.119 e. The molecule has 1 atom stereocenters. The first-order chi connectivity index (χ1) is 6.72. The second-order valence-corrected chi connectivity index (χ2v) is 3.50. The first-order valence-corrected chi connectivity index (χ1v) is 4.94. The predicted molar refractivity (Wildman–Crippen MR) is 57.8 cm³/mol. The van der Waals surface area contributed by atoms with Crippen LogP contribution in [0.4, 0.5) is 0 Å². The number of ether oxygens (including phenoxy) is 2. The fourth-order valence-corrected chi connectivity index (χ4v) is 1.17. The van der Waals surface area contributed by atoms with Crippen LogP contribution in [0.3, 0.4) is 0 Å². The van der Waals surface area contributed by atoms with Crippen molar-refractivity contribution >= 4 is 0 Å². The molecule has 1 aromatic carbocycles. The van der Waals surface area contributed by atoms with Crippen molar-refractivity contribution in [2.45, 2.75) is 26.4 Å². The van der Waals surface area contributed by atoms with Crippen molar-refractivity contribution in [3.8, 4) is 5.75 Å². The summed E-state index contributed by atoms with van der Waals surface area (Å²) in [4.78, 5) is 0. The fourth-order valence-electron chi connectivity index (χ4n) is 1.17. The second-order valence-electron chi connectivity index (χ2n) is 3.50. The summed E-state index contributed by atoms with van der Waals surface area (Å²) in [6, 6.07) is 8.08. The van der Waals surface area contributed by atoms with Crippen molar-refractivity contribution in [3.63, 3.8) is 0 Å². The zero-order chi connectivity index (χ0) is 10.4. The van der Waals surface area contributed by atoms with Crippen LogP contribution in [-0.4, -0.2) is 19.8 Å². The minimum absolute atomic E-state index is 0.264. The lowest BCUT2D eigenvalue weighted by atomic mass is 10.2. The molecule has 2 heteroatoms. The number of aryl methyl sites for hydroxylation is 1. The van der Waals surface area contributed by atoms with Crippen LogP contribution < -0.4 is 4.74 Å². The Morgan fingerprint density at radius 1 is 1.36 bits per heavy atom. The molecule has 78 valence electrons. The van der Waals surface area contributed by atoms with Gasteiger partial charge in [0.2, 0.25) is 0 Å². The van der Waals surface area contributed by atoms with Crippen molar-refractivity contribution in [1.82, 2.24) is 0 Å². The molecule has 0 fully saturated rings. The molecule has 14 heavy (non-hydrogen) atoms. The molecule has 0 aromatic heterocycles. The molecule has 0 saturated carbocycles. The molecule has 0 aliphatic carbocycles. The van der Waals surface area contributed by atoms with Crippen molar-refractivity contribution < 1.29 is 9.47 Å². The highest BCUT2D eigenvalue weighted by atomic mass is 16.5. The summed E-state index contributed by atoms with van der Waals surface area (Å²) in [6.07, 6.45) is 1.18. The molecule has 0 N–H and O–H groups in total. The molecular weight excluding hydrogens is 176 g/mol. The predicted octanol–water partition coefficient (Wildman–Crippen LogP) is 2.80. The van der Waals surface area contributed by atoms with E-state index in [-0.39, 0.29) is 6.10 Å². The summed E-state index contributed by atoms with van der Waals surface area (Å²) in [7, 11) is 1.72. The molecule has 0 aliphatic rings. The van der Waals surface area contributed by atoms with Crippen LogP contribution in [0.1, 0.15) is 18.9 Å². The molecule has 0 aliphatic heterocycles. The van der Waals surface area contributed by atoms with Gasteiger partial charge in [0, 0.05) is 13.5 Å². The van der Waals surface area contributed by atoms with Gasteiger partial charge in [-0.1, -0.05) is 12.1 Å². The number of methoxy groups -OCH3 is 1. The van der Waals surface area contributed by atoms with Gasteiger partial charge in [0.05, 0.1) is 12.7 Å². The Morgan fingerprint density at radius 2 is 2.14 bits per heavy atom. The average Bonchev–Trinajstić information content (AvgIpc) is 2.17. The van der Waals surface area contributed by atoms with Gasteiger partial charge >= 0.3 is 0 Å². The standard InChI is InChI=1S/C12H18O2/c1-10-5-4-6-12(9-10)14-8-7-11(2)13-3/h4-6,9,11H,7-8H2,1-3H3. The van der Waals surface area contributed by atoms with Gasteiger partial charge in [0.25, 0.3) is 0 Å². The van der Waals surface area contributed by atoms with E-state index < -0.39 is 0 Å². The van der Waals surface area contributed by atoms with E-state index >= 15 is 0 Å². The van der Waals surface area contributed by atoms with Gasteiger partial charge in [-0.15, -0.1) is 0 Å². The second kappa shape index (κ2) is 5.66. The first kappa shape index (κ1) is 11.1. The summed E-state index contributed by atoms with van der Waals surface area (Å²) < 4.78 is 10.7. The highest BCUT2D eigenvalue weighted by molar-refractivity contribution is 5.27. The van der Waals surface area contributed by atoms with E-state index in [0.29, 0.717) is 6.61 Å². The lowest BCUT2D eigenvalue weighted by Gasteiger charge is -2.10. The van der Waals surface area contributed by atoms with Crippen LogP contribution in [0.25, 0.3) is 0 Å². The number of rotatable bonds is 5. The lowest BCUT2D eigenvalue weighted by Crippen LogP contribution is -2.10. The maximum absolute atomic E-state index is 5.58. The van der Waals surface area contributed by atoms with Gasteiger partial charge in [-0.2, -0.15) is 0 Å². The van der Waals surface area contributed by atoms with Crippen LogP contribution in [0.2, 0.25) is 0 Å². The molecular formula is C12H18O2. The van der Waals surface area contributed by atoms with Gasteiger partial charge in [-0.25, -0.2) is 0 Å². The van der Waals surface area contributed by atoms with Crippen molar-refractivity contribution in [2.24, 2.45) is 0 Å². The molecule has 0 saturated heterocycles. The third-order valence-corrected chi connectivity index (χ3v) is 2.19. The minimum Gasteiger partial charge on any atom is -0.493 e. The van der Waals surface area contributed by atoms with Crippen LogP contribution in [-0.2, 0) is 4.74 Å². The zero-order valence-corrected chi connectivity index (χ0v) is 9.12. The van der Waals surface area contributed by atoms with Crippen molar-refractivity contribution in [3.05, 3.63) is 29.8 Å². The molecule has 1 aromatic rings. The zero-order valence-electron chi connectivity index (χ0n) is 9.12. The number of hydrogen-bond acceptors (Lipinski definition) is 2. The van der Waals surface area contributed by atoms with E-state index in [1.165, 1.54) is 5.56 Å². The van der Waals surface area contributed by atoms with Crippen LogP contribution in [0.15, 0.2) is 24.3 Å². The van der Waals surface area contributed by atoms with E-state index in [2.05, 4.69) is 13.0 Å². The summed E-state index contributed by atoms with van der Waals surface area (Å²) in [5.41, 5.74) is 1.22. The van der Waals surface area contributed by atoms with E-state index in [9.17, 15) is 0 Å². The average molecular weight is 194 g/mol. The SMILES string of the molecule is COC(C)CCOc1cccc(C)c1. The molecule has 1 unspecified atom stereocenters. The summed E-state index contributed by atoms with van der Waals surface area (Å²) >= 11 is 0. The highest BCUT2D eigenvalue weighted by Crippen LogP contribution is 2.12. The quantitative estimate of drug-likeness (QED) is 0.717. The molecule has 1 rings (SSSR count). The monoisotopic (exact) mass is 194 g/mol. The van der Waals surface area contributed by atoms with Crippen LogP contribution in [0, 0.1) is 6.92 Å². The third kappa shape index (κ3) is 3.79. The van der Waals surface area contributed by atoms with Gasteiger partial charge < -0.3 is 9.47 Å². The molecule has 0 amide bonds. The highest BCUT2D eigenvalue weighted by Gasteiger charge is 1.99. The first-order valence-electron chi connectivity index (χ1n) is 4.94. The van der Waals surface area contributed by atoms with Crippen molar-refractivity contribution in [1.29, 1.82) is 0 Å². The summed E-state index contributed by atoms with van der Waals surface area (Å²) in [5, 5.41) is 0. The Balaban J connectivity index is 2.31. The van der Waals surface area contributed by atoms with E-state index in [1.807, 2.05) is 25.1 Å². The van der Waals surface area contributed by atoms with Crippen LogP contribution >= 0.6 is 0 Å². The Morgan fingerprint density at radius 3 is 2.79 bits per heavy atom. The maximum Gasteiger partial charge on any atom is 0.119 e. The van der Waals surface area contributed by atoms with Gasteiger partial charge in [0.15, 0.2) is 0 Å². The van der Waals surface area contributed by atoms with Gasteiger partial charge in [0.1, 0.15) is 5.75 Å². The van der Waals surface area contributed by atoms with E-state index in [4.69, 9.17) is 9.47 Å². The van der Waals surface area contributed by atoms with Crippen molar-refractivity contribution in [2.75, 3.05) is 13.7 Å². The summed E-state index contributed by atoms with van der Waals surface area (Å²) in [5.74, 6) is 0.938. The Labute approximate surface area is 85.8 Å². The number of benzene rings is 1. The molecule has 0 heterocycles. The fraction of sp³-hybridized carbons (Fsp3) is 0.500. The topological polar surface area (TPSA) is 18.5 Å². The van der Waals surface area contributed by atoms with Gasteiger partial charge in [-0.3, -0.25) is 0 Å². The van der Waals surface area contributed by atoms with E-state index in [0.717, 1.165) is 12.2 Å². The van der Waals surface area contributed by atoms with Gasteiger partial charge in [-0.05, 0) is 31.5 Å². The number of hydrogen-bond donors (Lipinski definition) is 0. The Bertz CT molecular complexity index is 271. The molecule has 2 nitrogen and oxygen atoms in total. The Hall–Kier alpha value is -1.02. The summed E-state index contributed by atoms with van der Waals surface area (Å²) in [6.45, 7) is 4.81. The van der Waals surface area contributed by atoms with E-state index in [1.54, 1.807) is 7.11 Å². The molecule has 0 radical (unpaired) electrons. The molecule has 0 spiro atoms. The minimum atomic E-state index is 0.264. The lowest BCUT2D eigenvalue weighted by molar-refractivity contribution is 0.0955.